The Labute approximate surface area is 235 Å². The molecule has 2 heterocycles. The largest absolute Gasteiger partial charge is 0.493 e. The van der Waals surface area contributed by atoms with E-state index in [1.807, 2.05) is 31.2 Å². The van der Waals surface area contributed by atoms with Crippen molar-refractivity contribution in [2.24, 2.45) is 5.92 Å². The van der Waals surface area contributed by atoms with Crippen molar-refractivity contribution >= 4 is 23.2 Å². The molecule has 0 bridgehead atoms. The van der Waals surface area contributed by atoms with Gasteiger partial charge in [0, 0.05) is 28.6 Å². The lowest BCUT2D eigenvalue weighted by atomic mass is 10.0. The number of nitrogens with one attached hydrogen (secondary N) is 1. The summed E-state index contributed by atoms with van der Waals surface area (Å²) in [5, 5.41) is 21.2. The summed E-state index contributed by atoms with van der Waals surface area (Å²) in [5.41, 5.74) is 2.23. The van der Waals surface area contributed by atoms with Crippen molar-refractivity contribution in [1.29, 1.82) is 5.26 Å². The number of piperidine rings is 1. The van der Waals surface area contributed by atoms with E-state index < -0.39 is 5.82 Å². The molecule has 0 spiro atoms. The van der Waals surface area contributed by atoms with Gasteiger partial charge in [-0.05, 0) is 74.3 Å². The van der Waals surface area contributed by atoms with E-state index in [2.05, 4.69) is 15.5 Å². The summed E-state index contributed by atoms with van der Waals surface area (Å²) in [6, 6.07) is 15.2. The fourth-order valence-electron chi connectivity index (χ4n) is 4.45. The Kier molecular flexibility index (Phi) is 8.32. The zero-order valence-electron chi connectivity index (χ0n) is 21.1. The third-order valence-corrected chi connectivity index (χ3v) is 6.99. The van der Waals surface area contributed by atoms with Crippen LogP contribution in [0.1, 0.15) is 35.4 Å². The van der Waals surface area contributed by atoms with Crippen LogP contribution in [0.3, 0.4) is 0 Å². The number of hydrogen-bond donors (Lipinski definition) is 1. The van der Waals surface area contributed by atoms with Gasteiger partial charge < -0.3 is 19.2 Å². The molecule has 0 saturated carbocycles. The molecular weight excluding hydrogens is 542 g/mol. The Morgan fingerprint density at radius 1 is 1.13 bits per heavy atom. The van der Waals surface area contributed by atoms with E-state index in [-0.39, 0.29) is 45.0 Å². The Hall–Kier alpha value is -3.64. The number of rotatable bonds is 8. The second-order valence-corrected chi connectivity index (χ2v) is 10.3. The number of benzene rings is 3. The number of ether oxygens (including phenoxy) is 2. The predicted molar refractivity (Wildman–Crippen MR) is 146 cm³/mol. The van der Waals surface area contributed by atoms with Gasteiger partial charge >= 0.3 is 0 Å². The maximum atomic E-state index is 15.4. The summed E-state index contributed by atoms with van der Waals surface area (Å²) in [7, 11) is 0. The first-order valence-electron chi connectivity index (χ1n) is 12.5. The van der Waals surface area contributed by atoms with E-state index in [4.69, 9.17) is 42.4 Å². The van der Waals surface area contributed by atoms with Gasteiger partial charge in [0.2, 0.25) is 11.8 Å². The second-order valence-electron chi connectivity index (χ2n) is 9.42. The van der Waals surface area contributed by atoms with E-state index in [0.717, 1.165) is 30.0 Å². The van der Waals surface area contributed by atoms with Crippen molar-refractivity contribution < 1.29 is 18.3 Å². The lowest BCUT2D eigenvalue weighted by Crippen LogP contribution is -2.33. The SMILES string of the molecule is Cc1cc(OC[C@@H]2CCCNC2)ccc1-c1nnc(Cc2ccc(Cl)c(Oc3cc(Cl)cc(C#N)c3)c2F)o1. The summed E-state index contributed by atoms with van der Waals surface area (Å²) in [6.45, 7) is 4.67. The van der Waals surface area contributed by atoms with E-state index in [1.165, 1.54) is 43.2 Å². The van der Waals surface area contributed by atoms with Crippen LogP contribution in [-0.4, -0.2) is 29.9 Å². The highest BCUT2D eigenvalue weighted by atomic mass is 35.5. The molecule has 0 aliphatic carbocycles. The van der Waals surface area contributed by atoms with Crippen molar-refractivity contribution in [1.82, 2.24) is 15.5 Å². The van der Waals surface area contributed by atoms with Crippen LogP contribution in [0.5, 0.6) is 17.2 Å². The van der Waals surface area contributed by atoms with Crippen molar-refractivity contribution in [2.45, 2.75) is 26.2 Å². The molecule has 7 nitrogen and oxygen atoms in total. The van der Waals surface area contributed by atoms with Crippen molar-refractivity contribution in [3.63, 3.8) is 0 Å². The van der Waals surface area contributed by atoms with Crippen molar-refractivity contribution in [3.8, 4) is 34.8 Å². The molecule has 200 valence electrons. The molecule has 1 atom stereocenters. The summed E-state index contributed by atoms with van der Waals surface area (Å²) >= 11 is 12.3. The molecule has 3 aromatic carbocycles. The van der Waals surface area contributed by atoms with Gasteiger partial charge in [0.05, 0.1) is 29.7 Å². The second kappa shape index (κ2) is 12.0. The predicted octanol–water partition coefficient (Wildman–Crippen LogP) is 7.12. The number of nitriles is 1. The Balaban J connectivity index is 1.30. The van der Waals surface area contributed by atoms with Gasteiger partial charge in [0.1, 0.15) is 11.5 Å². The third kappa shape index (κ3) is 6.51. The van der Waals surface area contributed by atoms with Gasteiger partial charge in [0.25, 0.3) is 0 Å². The average Bonchev–Trinajstić information content (AvgIpc) is 3.40. The summed E-state index contributed by atoms with van der Waals surface area (Å²) in [5.74, 6) is 1.20. The molecule has 1 fully saturated rings. The van der Waals surface area contributed by atoms with Crippen LogP contribution in [-0.2, 0) is 6.42 Å². The van der Waals surface area contributed by atoms with E-state index in [1.54, 1.807) is 0 Å². The molecule has 1 N–H and O–H groups in total. The lowest BCUT2D eigenvalue weighted by molar-refractivity contribution is 0.218. The van der Waals surface area contributed by atoms with Crippen LogP contribution in [0.4, 0.5) is 4.39 Å². The molecule has 0 amide bonds. The van der Waals surface area contributed by atoms with Gasteiger partial charge in [-0.2, -0.15) is 5.26 Å². The monoisotopic (exact) mass is 566 g/mol. The Morgan fingerprint density at radius 2 is 2.00 bits per heavy atom. The van der Waals surface area contributed by atoms with Crippen LogP contribution >= 0.6 is 23.2 Å². The van der Waals surface area contributed by atoms with Crippen LogP contribution < -0.4 is 14.8 Å². The molecule has 0 unspecified atom stereocenters. The summed E-state index contributed by atoms with van der Waals surface area (Å²) < 4.78 is 33.0. The maximum absolute atomic E-state index is 15.4. The molecule has 1 aliphatic heterocycles. The number of aryl methyl sites for hydroxylation is 1. The highest BCUT2D eigenvalue weighted by Gasteiger charge is 2.19. The first-order chi connectivity index (χ1) is 18.9. The normalized spacial score (nSPS) is 15.1. The first kappa shape index (κ1) is 26.9. The minimum absolute atomic E-state index is 0.0288. The zero-order valence-corrected chi connectivity index (χ0v) is 22.7. The van der Waals surface area contributed by atoms with Gasteiger partial charge in [-0.3, -0.25) is 0 Å². The topological polar surface area (TPSA) is 93.2 Å². The number of hydrogen-bond acceptors (Lipinski definition) is 7. The molecule has 4 aromatic rings. The van der Waals surface area contributed by atoms with Gasteiger partial charge in [-0.25, -0.2) is 4.39 Å². The highest BCUT2D eigenvalue weighted by Crippen LogP contribution is 2.36. The Bertz CT molecular complexity index is 1530. The maximum Gasteiger partial charge on any atom is 0.248 e. The van der Waals surface area contributed by atoms with Crippen LogP contribution in [0.2, 0.25) is 10.0 Å². The lowest BCUT2D eigenvalue weighted by Gasteiger charge is -2.22. The zero-order chi connectivity index (χ0) is 27.4. The van der Waals surface area contributed by atoms with Crippen LogP contribution in [0, 0.1) is 30.0 Å². The van der Waals surface area contributed by atoms with Gasteiger partial charge in [-0.15, -0.1) is 10.2 Å². The van der Waals surface area contributed by atoms with Crippen molar-refractivity contribution in [2.75, 3.05) is 19.7 Å². The Morgan fingerprint density at radius 3 is 2.77 bits per heavy atom. The first-order valence-corrected chi connectivity index (χ1v) is 13.3. The number of aromatic nitrogens is 2. The van der Waals surface area contributed by atoms with Gasteiger partial charge in [0.15, 0.2) is 11.6 Å². The van der Waals surface area contributed by atoms with E-state index >= 15 is 4.39 Å². The molecule has 1 aliphatic rings. The van der Waals surface area contributed by atoms with E-state index in [9.17, 15) is 0 Å². The minimum atomic E-state index is -0.674. The minimum Gasteiger partial charge on any atom is -0.493 e. The molecule has 0 radical (unpaired) electrons. The molecule has 10 heteroatoms. The fraction of sp³-hybridized carbons (Fsp3) is 0.276. The number of nitrogens with zero attached hydrogens (tertiary/aromatic N) is 3. The quantitative estimate of drug-likeness (QED) is 0.242. The smallest absolute Gasteiger partial charge is 0.248 e. The number of halogens is 3. The highest BCUT2D eigenvalue weighted by molar-refractivity contribution is 6.32. The van der Waals surface area contributed by atoms with E-state index in [0.29, 0.717) is 18.4 Å². The summed E-state index contributed by atoms with van der Waals surface area (Å²) in [4.78, 5) is 0. The fourth-order valence-corrected chi connectivity index (χ4v) is 4.86. The molecule has 1 aromatic heterocycles. The summed E-state index contributed by atoms with van der Waals surface area (Å²) in [6.07, 6.45) is 2.37. The third-order valence-electron chi connectivity index (χ3n) is 6.47. The molecule has 5 rings (SSSR count). The van der Waals surface area contributed by atoms with Gasteiger partial charge in [-0.1, -0.05) is 29.3 Å². The average molecular weight is 567 g/mol. The molecule has 1 saturated heterocycles. The van der Waals surface area contributed by atoms with Crippen LogP contribution in [0.15, 0.2) is 52.9 Å². The van der Waals surface area contributed by atoms with Crippen molar-refractivity contribution in [3.05, 3.63) is 87.0 Å². The van der Waals surface area contributed by atoms with Crippen LogP contribution in [0.25, 0.3) is 11.5 Å². The standard InChI is InChI=1S/C29H25Cl2FN4O3/c1-17-9-22(37-16-18-3-2-8-34-15-18)5-6-24(17)29-36-35-26(39-29)12-20-4-7-25(31)28(27(20)32)38-23-11-19(14-33)10-21(30)13-23/h4-7,9-11,13,18,34H,2-3,8,12,15-16H2,1H3/t18-/m1/s1. The molecular formula is C29H25Cl2FN4O3. The molecule has 39 heavy (non-hydrogen) atoms.